The maximum atomic E-state index is 13.8. The van der Waals surface area contributed by atoms with E-state index in [4.69, 9.17) is 4.74 Å². The maximum absolute atomic E-state index is 13.8. The molecule has 0 spiro atoms. The Morgan fingerprint density at radius 3 is 2.36 bits per heavy atom. The van der Waals surface area contributed by atoms with E-state index in [9.17, 15) is 9.18 Å². The first-order valence-corrected chi connectivity index (χ1v) is 8.60. The number of amides is 1. The molecule has 0 aliphatic heterocycles. The van der Waals surface area contributed by atoms with Crippen LogP contribution in [-0.2, 0) is 17.8 Å². The first-order valence-electron chi connectivity index (χ1n) is 8.60. The minimum absolute atomic E-state index is 0.0462. The van der Waals surface area contributed by atoms with E-state index in [0.29, 0.717) is 13.1 Å². The lowest BCUT2D eigenvalue weighted by molar-refractivity contribution is -0.903. The van der Waals surface area contributed by atoms with Crippen molar-refractivity contribution in [3.63, 3.8) is 0 Å². The first kappa shape index (κ1) is 18.9. The summed E-state index contributed by atoms with van der Waals surface area (Å²) in [6.45, 7) is 5.80. The van der Waals surface area contributed by atoms with Crippen LogP contribution in [0, 0.1) is 5.82 Å². The van der Waals surface area contributed by atoms with E-state index in [1.807, 2.05) is 37.3 Å². The van der Waals surface area contributed by atoms with Gasteiger partial charge in [0.05, 0.1) is 13.7 Å². The normalized spacial score (nSPS) is 11.8. The number of rotatable bonds is 8. The standard InChI is InChI=1S/C20H25FN2O2/c1-4-15-6-9-17(10-7-15)22-20(24)14-23(5-2)13-16-8-11-19(25-3)18(21)12-16/h6-12H,4-5,13-14H2,1-3H3,(H,22,24)/p+1. The van der Waals surface area contributed by atoms with Crippen LogP contribution in [0.4, 0.5) is 10.1 Å². The molecule has 5 heteroatoms. The van der Waals surface area contributed by atoms with Crippen LogP contribution in [0.15, 0.2) is 42.5 Å². The van der Waals surface area contributed by atoms with Crippen molar-refractivity contribution in [2.45, 2.75) is 26.8 Å². The van der Waals surface area contributed by atoms with Gasteiger partial charge in [-0.3, -0.25) is 4.79 Å². The summed E-state index contributed by atoms with van der Waals surface area (Å²) in [5, 5.41) is 2.92. The number of ether oxygens (including phenoxy) is 1. The summed E-state index contributed by atoms with van der Waals surface area (Å²) >= 11 is 0. The Morgan fingerprint density at radius 1 is 1.12 bits per heavy atom. The Bertz CT molecular complexity index is 701. The summed E-state index contributed by atoms with van der Waals surface area (Å²) in [6.07, 6.45) is 0.973. The number of aryl methyl sites for hydroxylation is 1. The Hall–Kier alpha value is -2.40. The molecule has 2 aromatic carbocycles. The molecule has 0 fully saturated rings. The number of hydrogen-bond acceptors (Lipinski definition) is 2. The molecule has 0 saturated heterocycles. The maximum Gasteiger partial charge on any atom is 0.279 e. The van der Waals surface area contributed by atoms with Crippen molar-refractivity contribution in [1.82, 2.24) is 0 Å². The molecular weight excluding hydrogens is 319 g/mol. The van der Waals surface area contributed by atoms with Gasteiger partial charge in [0.2, 0.25) is 0 Å². The van der Waals surface area contributed by atoms with Gasteiger partial charge in [0.25, 0.3) is 5.91 Å². The number of quaternary nitrogens is 1. The average molecular weight is 345 g/mol. The van der Waals surface area contributed by atoms with Gasteiger partial charge in [-0.1, -0.05) is 19.1 Å². The minimum Gasteiger partial charge on any atom is -0.494 e. The fraction of sp³-hybridized carbons (Fsp3) is 0.350. The lowest BCUT2D eigenvalue weighted by Crippen LogP contribution is -3.11. The Kier molecular flexibility index (Phi) is 6.95. The van der Waals surface area contributed by atoms with Gasteiger partial charge in [-0.25, -0.2) is 4.39 Å². The molecule has 25 heavy (non-hydrogen) atoms. The van der Waals surface area contributed by atoms with Crippen molar-refractivity contribution in [3.05, 3.63) is 59.4 Å². The molecule has 0 saturated carbocycles. The Labute approximate surface area is 148 Å². The van der Waals surface area contributed by atoms with Crippen LogP contribution in [-0.4, -0.2) is 26.1 Å². The first-order chi connectivity index (χ1) is 12.0. The van der Waals surface area contributed by atoms with Crippen LogP contribution < -0.4 is 15.0 Å². The summed E-state index contributed by atoms with van der Waals surface area (Å²) in [6, 6.07) is 12.8. The van der Waals surface area contributed by atoms with Crippen molar-refractivity contribution in [2.24, 2.45) is 0 Å². The molecule has 4 nitrogen and oxygen atoms in total. The predicted octanol–water partition coefficient (Wildman–Crippen LogP) is 2.44. The van der Waals surface area contributed by atoms with E-state index in [1.165, 1.54) is 18.7 Å². The summed E-state index contributed by atoms with van der Waals surface area (Å²) in [4.78, 5) is 13.3. The van der Waals surface area contributed by atoms with E-state index < -0.39 is 0 Å². The Balaban J connectivity index is 1.93. The van der Waals surface area contributed by atoms with Gasteiger partial charge < -0.3 is 15.0 Å². The number of methoxy groups -OCH3 is 1. The molecule has 1 amide bonds. The van der Waals surface area contributed by atoms with E-state index in [0.717, 1.165) is 29.1 Å². The van der Waals surface area contributed by atoms with Gasteiger partial charge in [0, 0.05) is 11.3 Å². The highest BCUT2D eigenvalue weighted by Gasteiger charge is 2.14. The minimum atomic E-state index is -0.379. The fourth-order valence-electron chi connectivity index (χ4n) is 2.68. The highest BCUT2D eigenvalue weighted by atomic mass is 19.1. The van der Waals surface area contributed by atoms with Crippen molar-refractivity contribution >= 4 is 11.6 Å². The van der Waals surface area contributed by atoms with Gasteiger partial charge in [0.15, 0.2) is 18.1 Å². The molecule has 1 unspecified atom stereocenters. The monoisotopic (exact) mass is 345 g/mol. The smallest absolute Gasteiger partial charge is 0.279 e. The van der Waals surface area contributed by atoms with Crippen molar-refractivity contribution in [2.75, 3.05) is 25.5 Å². The summed E-state index contributed by atoms with van der Waals surface area (Å²) in [5.41, 5.74) is 2.88. The van der Waals surface area contributed by atoms with Gasteiger partial charge in [-0.05, 0) is 49.2 Å². The molecule has 2 aromatic rings. The number of benzene rings is 2. The number of halogens is 1. The topological polar surface area (TPSA) is 42.8 Å². The summed E-state index contributed by atoms with van der Waals surface area (Å²) < 4.78 is 18.7. The zero-order valence-corrected chi connectivity index (χ0v) is 15.1. The quantitative estimate of drug-likeness (QED) is 0.772. The molecule has 1 atom stereocenters. The van der Waals surface area contributed by atoms with E-state index >= 15 is 0 Å². The van der Waals surface area contributed by atoms with E-state index in [-0.39, 0.29) is 17.5 Å². The second kappa shape index (κ2) is 9.18. The lowest BCUT2D eigenvalue weighted by atomic mass is 10.1. The van der Waals surface area contributed by atoms with Gasteiger partial charge in [0.1, 0.15) is 6.54 Å². The van der Waals surface area contributed by atoms with Gasteiger partial charge >= 0.3 is 0 Å². The number of nitrogens with one attached hydrogen (secondary N) is 2. The number of likely N-dealkylation sites (N-methyl/N-ethyl adjacent to an activating group) is 1. The van der Waals surface area contributed by atoms with E-state index in [2.05, 4.69) is 12.2 Å². The summed E-state index contributed by atoms with van der Waals surface area (Å²) in [5.74, 6) is -0.193. The molecule has 134 valence electrons. The van der Waals surface area contributed by atoms with Crippen LogP contribution in [0.25, 0.3) is 0 Å². The molecule has 0 bridgehead atoms. The van der Waals surface area contributed by atoms with Crippen molar-refractivity contribution < 1.29 is 18.8 Å². The van der Waals surface area contributed by atoms with Crippen molar-refractivity contribution in [1.29, 1.82) is 0 Å². The molecule has 0 radical (unpaired) electrons. The highest BCUT2D eigenvalue weighted by Crippen LogP contribution is 2.17. The molecule has 0 heterocycles. The lowest BCUT2D eigenvalue weighted by Gasteiger charge is -2.17. The third-order valence-corrected chi connectivity index (χ3v) is 4.23. The van der Waals surface area contributed by atoms with Crippen LogP contribution in [0.1, 0.15) is 25.0 Å². The predicted molar refractivity (Wildman–Crippen MR) is 97.5 cm³/mol. The van der Waals surface area contributed by atoms with Crippen LogP contribution in [0.3, 0.4) is 0 Å². The number of carbonyl (C=O) groups excluding carboxylic acids is 1. The third kappa shape index (κ3) is 5.57. The molecule has 0 aliphatic carbocycles. The highest BCUT2D eigenvalue weighted by molar-refractivity contribution is 5.91. The molecule has 0 aromatic heterocycles. The molecule has 2 N–H and O–H groups in total. The van der Waals surface area contributed by atoms with E-state index in [1.54, 1.807) is 6.07 Å². The second-order valence-corrected chi connectivity index (χ2v) is 6.02. The number of carbonyl (C=O) groups is 1. The fourth-order valence-corrected chi connectivity index (χ4v) is 2.68. The number of hydrogen-bond donors (Lipinski definition) is 2. The van der Waals surface area contributed by atoms with Crippen molar-refractivity contribution in [3.8, 4) is 5.75 Å². The molecule has 0 aliphatic rings. The van der Waals surface area contributed by atoms with Crippen LogP contribution in [0.2, 0.25) is 0 Å². The van der Waals surface area contributed by atoms with Gasteiger partial charge in [-0.2, -0.15) is 0 Å². The Morgan fingerprint density at radius 2 is 1.80 bits per heavy atom. The molecule has 2 rings (SSSR count). The van der Waals surface area contributed by atoms with Crippen LogP contribution in [0.5, 0.6) is 5.75 Å². The molecular formula is C20H26FN2O2+. The van der Waals surface area contributed by atoms with Gasteiger partial charge in [-0.15, -0.1) is 0 Å². The zero-order valence-electron chi connectivity index (χ0n) is 15.1. The largest absolute Gasteiger partial charge is 0.494 e. The average Bonchev–Trinajstić information content (AvgIpc) is 2.62. The number of anilines is 1. The van der Waals surface area contributed by atoms with Crippen LogP contribution >= 0.6 is 0 Å². The SMILES string of the molecule is CCc1ccc(NC(=O)C[NH+](CC)Cc2ccc(OC)c(F)c2)cc1. The third-order valence-electron chi connectivity index (χ3n) is 4.23. The second-order valence-electron chi connectivity index (χ2n) is 6.02. The summed E-state index contributed by atoms with van der Waals surface area (Å²) in [7, 11) is 1.44. The zero-order chi connectivity index (χ0) is 18.2.